The fourth-order valence-corrected chi connectivity index (χ4v) is 3.80. The van der Waals surface area contributed by atoms with Crippen LogP contribution in [-0.4, -0.2) is 61.0 Å². The van der Waals surface area contributed by atoms with Gasteiger partial charge in [-0.05, 0) is 30.5 Å². The molecule has 180 valence electrons. The second-order valence-electron chi connectivity index (χ2n) is 7.75. The zero-order valence-electron chi connectivity index (χ0n) is 18.8. The van der Waals surface area contributed by atoms with E-state index < -0.39 is 5.91 Å². The smallest absolute Gasteiger partial charge is 0.254 e. The second kappa shape index (κ2) is 13.5. The molecule has 1 heterocycles. The molecule has 11 heteroatoms. The average Bonchev–Trinajstić information content (AvgIpc) is 3.18. The zero-order valence-corrected chi connectivity index (χ0v) is 21.1. The van der Waals surface area contributed by atoms with Crippen molar-refractivity contribution in [3.8, 4) is 0 Å². The highest BCUT2D eigenvalue weighted by atomic mass is 35.5. The van der Waals surface area contributed by atoms with E-state index in [1.165, 1.54) is 35.5 Å². The molecule has 8 nitrogen and oxygen atoms in total. The molecule has 0 spiro atoms. The molecule has 0 aliphatic carbocycles. The van der Waals surface area contributed by atoms with Crippen LogP contribution in [-0.2, 0) is 20.7 Å². The molecule has 2 rings (SSSR count). The van der Waals surface area contributed by atoms with Crippen LogP contribution in [0, 0.1) is 5.92 Å². The van der Waals surface area contributed by atoms with Crippen LogP contribution in [0.5, 0.6) is 0 Å². The van der Waals surface area contributed by atoms with Crippen LogP contribution < -0.4 is 10.6 Å². The molecule has 1 aromatic carbocycles. The van der Waals surface area contributed by atoms with E-state index in [9.17, 15) is 14.4 Å². The molecule has 0 atom stereocenters. The summed E-state index contributed by atoms with van der Waals surface area (Å²) >= 11 is 13.2. The molecule has 0 radical (unpaired) electrons. The summed E-state index contributed by atoms with van der Waals surface area (Å²) in [4.78, 5) is 43.1. The van der Waals surface area contributed by atoms with Gasteiger partial charge < -0.3 is 20.3 Å². The third-order valence-electron chi connectivity index (χ3n) is 4.54. The molecule has 0 saturated heterocycles. The number of benzene rings is 1. The van der Waals surface area contributed by atoms with Gasteiger partial charge in [0.05, 0.1) is 28.8 Å². The summed E-state index contributed by atoms with van der Waals surface area (Å²) in [5, 5.41) is 8.21. The van der Waals surface area contributed by atoms with Crippen LogP contribution in [0.15, 0.2) is 23.6 Å². The van der Waals surface area contributed by atoms with Gasteiger partial charge in [0.1, 0.15) is 6.54 Å². The van der Waals surface area contributed by atoms with Gasteiger partial charge in [-0.3, -0.25) is 14.4 Å². The van der Waals surface area contributed by atoms with Crippen molar-refractivity contribution in [2.24, 2.45) is 5.92 Å². The SMILES string of the molecule is COCCN(CC(=O)Nc1nc(CC(=O)NCCC(C)C)cs1)C(=O)c1ccc(Cl)c(Cl)c1. The lowest BCUT2D eigenvalue weighted by atomic mass is 10.1. The monoisotopic (exact) mass is 514 g/mol. The van der Waals surface area contributed by atoms with E-state index in [1.807, 2.05) is 0 Å². The molecule has 0 aliphatic rings. The molecule has 3 amide bonds. The summed E-state index contributed by atoms with van der Waals surface area (Å²) in [6.45, 7) is 5.07. The molecular formula is C22H28Cl2N4O4S. The molecule has 0 fully saturated rings. The molecule has 0 unspecified atom stereocenters. The normalized spacial score (nSPS) is 10.8. The largest absolute Gasteiger partial charge is 0.383 e. The van der Waals surface area contributed by atoms with E-state index in [-0.39, 0.29) is 43.0 Å². The van der Waals surface area contributed by atoms with Crippen molar-refractivity contribution in [1.82, 2.24) is 15.2 Å². The fraction of sp³-hybridized carbons (Fsp3) is 0.455. The molecular weight excluding hydrogens is 487 g/mol. The lowest BCUT2D eigenvalue weighted by molar-refractivity contribution is -0.120. The maximum atomic E-state index is 12.9. The highest BCUT2D eigenvalue weighted by Gasteiger charge is 2.20. The van der Waals surface area contributed by atoms with Crippen molar-refractivity contribution < 1.29 is 19.1 Å². The molecule has 1 aromatic heterocycles. The molecule has 2 N–H and O–H groups in total. The number of halogens is 2. The Kier molecular flexibility index (Phi) is 11.1. The van der Waals surface area contributed by atoms with Gasteiger partial charge in [0.2, 0.25) is 11.8 Å². The summed E-state index contributed by atoms with van der Waals surface area (Å²) in [5.74, 6) is -0.393. The predicted molar refractivity (Wildman–Crippen MR) is 131 cm³/mol. The van der Waals surface area contributed by atoms with Crippen LogP contribution >= 0.6 is 34.5 Å². The quantitative estimate of drug-likeness (QED) is 0.447. The van der Waals surface area contributed by atoms with Crippen molar-refractivity contribution in [2.75, 3.05) is 38.7 Å². The van der Waals surface area contributed by atoms with Gasteiger partial charge in [-0.1, -0.05) is 37.0 Å². The Hall–Kier alpha value is -2.20. The number of amides is 3. The summed E-state index contributed by atoms with van der Waals surface area (Å²) in [6.07, 6.45) is 1.05. The maximum absolute atomic E-state index is 12.9. The molecule has 0 aliphatic heterocycles. The number of anilines is 1. The first-order valence-electron chi connectivity index (χ1n) is 10.4. The van der Waals surface area contributed by atoms with Gasteiger partial charge in [-0.25, -0.2) is 4.98 Å². The number of methoxy groups -OCH3 is 1. The first-order valence-corrected chi connectivity index (χ1v) is 12.1. The first-order chi connectivity index (χ1) is 15.7. The van der Waals surface area contributed by atoms with Gasteiger partial charge in [0.25, 0.3) is 5.91 Å². The lowest BCUT2D eigenvalue weighted by Gasteiger charge is -2.22. The van der Waals surface area contributed by atoms with Crippen molar-refractivity contribution >= 4 is 57.4 Å². The number of thiazole rings is 1. The van der Waals surface area contributed by atoms with Gasteiger partial charge in [-0.2, -0.15) is 0 Å². The summed E-state index contributed by atoms with van der Waals surface area (Å²) in [6, 6.07) is 4.54. The maximum Gasteiger partial charge on any atom is 0.254 e. The van der Waals surface area contributed by atoms with E-state index in [0.717, 1.165) is 6.42 Å². The minimum atomic E-state index is -0.415. The third-order valence-corrected chi connectivity index (χ3v) is 6.08. The number of hydrogen-bond donors (Lipinski definition) is 2. The predicted octanol–water partition coefficient (Wildman–Crippen LogP) is 3.88. The highest BCUT2D eigenvalue weighted by molar-refractivity contribution is 7.13. The Morgan fingerprint density at radius 3 is 2.61 bits per heavy atom. The minimum Gasteiger partial charge on any atom is -0.383 e. The van der Waals surface area contributed by atoms with E-state index in [0.29, 0.717) is 33.9 Å². The molecule has 33 heavy (non-hydrogen) atoms. The van der Waals surface area contributed by atoms with E-state index in [2.05, 4.69) is 29.5 Å². The van der Waals surface area contributed by atoms with Crippen molar-refractivity contribution in [3.05, 3.63) is 44.9 Å². The van der Waals surface area contributed by atoms with Crippen molar-refractivity contribution in [1.29, 1.82) is 0 Å². The Morgan fingerprint density at radius 2 is 1.94 bits per heavy atom. The number of hydrogen-bond acceptors (Lipinski definition) is 6. The average molecular weight is 515 g/mol. The Bertz CT molecular complexity index is 968. The fourth-order valence-electron chi connectivity index (χ4n) is 2.77. The van der Waals surface area contributed by atoms with Crippen LogP contribution in [0.3, 0.4) is 0 Å². The third kappa shape index (κ3) is 9.29. The Morgan fingerprint density at radius 1 is 1.18 bits per heavy atom. The number of carbonyl (C=O) groups excluding carboxylic acids is 3. The summed E-state index contributed by atoms with van der Waals surface area (Å²) < 4.78 is 5.06. The van der Waals surface area contributed by atoms with E-state index >= 15 is 0 Å². The number of nitrogens with one attached hydrogen (secondary N) is 2. The van der Waals surface area contributed by atoms with Crippen LogP contribution in [0.25, 0.3) is 0 Å². The molecule has 0 bridgehead atoms. The number of aromatic nitrogens is 1. The van der Waals surface area contributed by atoms with Crippen LogP contribution in [0.4, 0.5) is 5.13 Å². The van der Waals surface area contributed by atoms with Gasteiger partial charge >= 0.3 is 0 Å². The van der Waals surface area contributed by atoms with Gasteiger partial charge in [0.15, 0.2) is 5.13 Å². The van der Waals surface area contributed by atoms with Gasteiger partial charge in [-0.15, -0.1) is 11.3 Å². The number of carbonyl (C=O) groups is 3. The first kappa shape index (κ1) is 27.0. The van der Waals surface area contributed by atoms with Crippen LogP contribution in [0.2, 0.25) is 10.0 Å². The van der Waals surface area contributed by atoms with Crippen molar-refractivity contribution in [3.63, 3.8) is 0 Å². The van der Waals surface area contributed by atoms with Crippen LogP contribution in [0.1, 0.15) is 36.3 Å². The second-order valence-corrected chi connectivity index (χ2v) is 9.42. The standard InChI is InChI=1S/C22H28Cl2N4O4S/c1-14(2)6-7-25-19(29)11-16-13-33-22(26-16)27-20(30)12-28(8-9-32-3)21(31)15-4-5-17(23)18(24)10-15/h4-5,10,13-14H,6-9,11-12H2,1-3H3,(H,25,29)(H,26,27,30). The Balaban J connectivity index is 1.95. The summed E-state index contributed by atoms with van der Waals surface area (Å²) in [7, 11) is 1.51. The number of rotatable bonds is 12. The molecule has 2 aromatic rings. The lowest BCUT2D eigenvalue weighted by Crippen LogP contribution is -2.40. The highest BCUT2D eigenvalue weighted by Crippen LogP contribution is 2.23. The van der Waals surface area contributed by atoms with E-state index in [4.69, 9.17) is 27.9 Å². The van der Waals surface area contributed by atoms with Gasteiger partial charge in [0, 0.05) is 31.1 Å². The minimum absolute atomic E-state index is 0.114. The Labute approximate surface area is 207 Å². The number of nitrogens with zero attached hydrogens (tertiary/aromatic N) is 2. The summed E-state index contributed by atoms with van der Waals surface area (Å²) in [5.41, 5.74) is 0.883. The zero-order chi connectivity index (χ0) is 24.4. The van der Waals surface area contributed by atoms with E-state index in [1.54, 1.807) is 11.4 Å². The topological polar surface area (TPSA) is 101 Å². The van der Waals surface area contributed by atoms with Crippen molar-refractivity contribution in [2.45, 2.75) is 26.7 Å². The molecule has 0 saturated carbocycles. The number of ether oxygens (including phenoxy) is 1.